The molecule has 2 unspecified atom stereocenters. The zero-order chi connectivity index (χ0) is 11.4. The van der Waals surface area contributed by atoms with Crippen molar-refractivity contribution in [3.8, 4) is 0 Å². The van der Waals surface area contributed by atoms with E-state index < -0.39 is 0 Å². The number of aromatic nitrogens is 1. The molecule has 0 bridgehead atoms. The molecule has 2 rings (SSSR count). The molecule has 0 radical (unpaired) electrons. The fraction of sp³-hybridized carbons (Fsp3) is 0.615. The first kappa shape index (κ1) is 11.6. The van der Waals surface area contributed by atoms with E-state index in [1.165, 1.54) is 19.4 Å². The molecule has 3 nitrogen and oxygen atoms in total. The van der Waals surface area contributed by atoms with Gasteiger partial charge in [0.05, 0.1) is 5.69 Å². The summed E-state index contributed by atoms with van der Waals surface area (Å²) >= 11 is 0. The Bertz CT molecular complexity index is 310. The number of rotatable bonds is 3. The Balaban J connectivity index is 1.90. The van der Waals surface area contributed by atoms with Gasteiger partial charge in [0.1, 0.15) is 0 Å². The molecule has 3 heteroatoms. The first-order valence-corrected chi connectivity index (χ1v) is 6.13. The van der Waals surface area contributed by atoms with E-state index in [4.69, 9.17) is 5.73 Å². The minimum absolute atomic E-state index is 0.312. The molecule has 1 aromatic rings. The van der Waals surface area contributed by atoms with E-state index in [9.17, 15) is 0 Å². The Morgan fingerprint density at radius 1 is 1.56 bits per heavy atom. The maximum Gasteiger partial charge on any atom is 0.0543 e. The van der Waals surface area contributed by atoms with Crippen LogP contribution in [0.5, 0.6) is 0 Å². The topological polar surface area (TPSA) is 42.1 Å². The number of nitrogens with two attached hydrogens (primary N) is 1. The average molecular weight is 219 g/mol. The summed E-state index contributed by atoms with van der Waals surface area (Å²) in [4.78, 5) is 6.84. The molecule has 1 aliphatic heterocycles. The van der Waals surface area contributed by atoms with Crippen LogP contribution >= 0.6 is 0 Å². The lowest BCUT2D eigenvalue weighted by Gasteiger charge is -2.34. The van der Waals surface area contributed by atoms with E-state index in [0.29, 0.717) is 12.0 Å². The van der Waals surface area contributed by atoms with Crippen molar-refractivity contribution in [3.05, 3.63) is 30.1 Å². The van der Waals surface area contributed by atoms with Crippen molar-refractivity contribution in [3.63, 3.8) is 0 Å². The van der Waals surface area contributed by atoms with Crippen LogP contribution in [0.2, 0.25) is 0 Å². The van der Waals surface area contributed by atoms with Gasteiger partial charge in [-0.1, -0.05) is 6.07 Å². The van der Waals surface area contributed by atoms with Gasteiger partial charge in [0.25, 0.3) is 0 Å². The van der Waals surface area contributed by atoms with Gasteiger partial charge in [0, 0.05) is 25.3 Å². The predicted molar refractivity (Wildman–Crippen MR) is 65.9 cm³/mol. The van der Waals surface area contributed by atoms with Crippen molar-refractivity contribution >= 4 is 0 Å². The van der Waals surface area contributed by atoms with E-state index in [1.54, 1.807) is 0 Å². The van der Waals surface area contributed by atoms with Crippen LogP contribution < -0.4 is 5.73 Å². The molecule has 0 aromatic carbocycles. The average Bonchev–Trinajstić information content (AvgIpc) is 2.30. The van der Waals surface area contributed by atoms with Crippen LogP contribution in [0.3, 0.4) is 0 Å². The van der Waals surface area contributed by atoms with Crippen molar-refractivity contribution in [2.24, 2.45) is 11.7 Å². The monoisotopic (exact) mass is 219 g/mol. The van der Waals surface area contributed by atoms with Gasteiger partial charge >= 0.3 is 0 Å². The minimum atomic E-state index is 0.312. The number of piperidine rings is 1. The number of hydrogen-bond donors (Lipinski definition) is 1. The molecule has 1 aromatic heterocycles. The van der Waals surface area contributed by atoms with Crippen molar-refractivity contribution in [2.45, 2.75) is 32.4 Å². The molecular weight excluding hydrogens is 198 g/mol. The summed E-state index contributed by atoms with van der Waals surface area (Å²) < 4.78 is 0. The molecule has 1 saturated heterocycles. The highest BCUT2D eigenvalue weighted by Gasteiger charge is 2.22. The first-order chi connectivity index (χ1) is 7.75. The van der Waals surface area contributed by atoms with Crippen molar-refractivity contribution in [1.82, 2.24) is 9.88 Å². The Kier molecular flexibility index (Phi) is 3.91. The third-order valence-electron chi connectivity index (χ3n) is 3.40. The fourth-order valence-electron chi connectivity index (χ4n) is 2.38. The summed E-state index contributed by atoms with van der Waals surface area (Å²) in [5.41, 5.74) is 7.14. The molecule has 2 heterocycles. The molecule has 2 atom stereocenters. The Morgan fingerprint density at radius 3 is 3.12 bits per heavy atom. The van der Waals surface area contributed by atoms with E-state index in [0.717, 1.165) is 18.8 Å². The third kappa shape index (κ3) is 3.03. The number of hydrogen-bond acceptors (Lipinski definition) is 3. The molecular formula is C13H21N3. The number of likely N-dealkylation sites (tertiary alicyclic amines) is 1. The highest BCUT2D eigenvalue weighted by atomic mass is 15.1. The zero-order valence-electron chi connectivity index (χ0n) is 9.97. The second kappa shape index (κ2) is 5.41. The first-order valence-electron chi connectivity index (χ1n) is 6.13. The maximum atomic E-state index is 5.98. The van der Waals surface area contributed by atoms with E-state index in [2.05, 4.69) is 28.9 Å². The lowest BCUT2D eigenvalue weighted by atomic mass is 9.92. The molecule has 16 heavy (non-hydrogen) atoms. The van der Waals surface area contributed by atoms with E-state index in [1.807, 2.05) is 12.3 Å². The van der Waals surface area contributed by atoms with Crippen LogP contribution in [-0.2, 0) is 6.54 Å². The van der Waals surface area contributed by atoms with E-state index >= 15 is 0 Å². The van der Waals surface area contributed by atoms with Crippen LogP contribution in [0.1, 0.15) is 25.5 Å². The van der Waals surface area contributed by atoms with Crippen LogP contribution in [-0.4, -0.2) is 29.0 Å². The maximum absolute atomic E-state index is 5.98. The summed E-state index contributed by atoms with van der Waals surface area (Å²) in [6, 6.07) is 6.42. The SMILES string of the molecule is CC(N)C1CCCN(Cc2ccccn2)C1. The summed E-state index contributed by atoms with van der Waals surface area (Å²) in [5, 5.41) is 0. The fourth-order valence-corrected chi connectivity index (χ4v) is 2.38. The van der Waals surface area contributed by atoms with Crippen LogP contribution in [0.25, 0.3) is 0 Å². The lowest BCUT2D eigenvalue weighted by molar-refractivity contribution is 0.153. The van der Waals surface area contributed by atoms with Crippen LogP contribution in [0, 0.1) is 5.92 Å². The van der Waals surface area contributed by atoms with Gasteiger partial charge < -0.3 is 5.73 Å². The molecule has 0 spiro atoms. The molecule has 1 fully saturated rings. The predicted octanol–water partition coefficient (Wildman–Crippen LogP) is 1.64. The van der Waals surface area contributed by atoms with Gasteiger partial charge in [-0.15, -0.1) is 0 Å². The van der Waals surface area contributed by atoms with Crippen molar-refractivity contribution in [2.75, 3.05) is 13.1 Å². The minimum Gasteiger partial charge on any atom is -0.328 e. The molecule has 2 N–H and O–H groups in total. The smallest absolute Gasteiger partial charge is 0.0543 e. The molecule has 0 amide bonds. The van der Waals surface area contributed by atoms with Gasteiger partial charge in [-0.05, 0) is 44.4 Å². The molecule has 0 aliphatic carbocycles. The normalized spacial score (nSPS) is 24.2. The van der Waals surface area contributed by atoms with Crippen LogP contribution in [0.4, 0.5) is 0 Å². The van der Waals surface area contributed by atoms with Gasteiger partial charge in [0.15, 0.2) is 0 Å². The largest absolute Gasteiger partial charge is 0.328 e. The second-order valence-corrected chi connectivity index (χ2v) is 4.82. The molecule has 88 valence electrons. The summed E-state index contributed by atoms with van der Waals surface area (Å²) in [5.74, 6) is 0.650. The summed E-state index contributed by atoms with van der Waals surface area (Å²) in [6.45, 7) is 5.38. The molecule has 1 aliphatic rings. The Labute approximate surface area is 97.7 Å². The van der Waals surface area contributed by atoms with Crippen LogP contribution in [0.15, 0.2) is 24.4 Å². The summed E-state index contributed by atoms with van der Waals surface area (Å²) in [6.07, 6.45) is 4.40. The van der Waals surface area contributed by atoms with Crippen molar-refractivity contribution in [1.29, 1.82) is 0 Å². The Hall–Kier alpha value is -0.930. The number of pyridine rings is 1. The third-order valence-corrected chi connectivity index (χ3v) is 3.40. The number of nitrogens with zero attached hydrogens (tertiary/aromatic N) is 2. The van der Waals surface area contributed by atoms with Crippen molar-refractivity contribution < 1.29 is 0 Å². The Morgan fingerprint density at radius 2 is 2.44 bits per heavy atom. The zero-order valence-corrected chi connectivity index (χ0v) is 9.97. The van der Waals surface area contributed by atoms with Gasteiger partial charge in [-0.25, -0.2) is 0 Å². The molecule has 0 saturated carbocycles. The quantitative estimate of drug-likeness (QED) is 0.840. The lowest BCUT2D eigenvalue weighted by Crippen LogP contribution is -2.42. The highest BCUT2D eigenvalue weighted by Crippen LogP contribution is 2.19. The van der Waals surface area contributed by atoms with Gasteiger partial charge in [-0.2, -0.15) is 0 Å². The highest BCUT2D eigenvalue weighted by molar-refractivity contribution is 5.03. The standard InChI is InChI=1S/C13H21N3/c1-11(14)12-5-4-8-16(9-12)10-13-6-2-3-7-15-13/h2-3,6-7,11-12H,4-5,8-10,14H2,1H3. The van der Waals surface area contributed by atoms with Gasteiger partial charge in [-0.3, -0.25) is 9.88 Å². The van der Waals surface area contributed by atoms with E-state index in [-0.39, 0.29) is 0 Å². The summed E-state index contributed by atoms with van der Waals surface area (Å²) in [7, 11) is 0. The van der Waals surface area contributed by atoms with Gasteiger partial charge in [0.2, 0.25) is 0 Å². The second-order valence-electron chi connectivity index (χ2n) is 4.82.